The second-order valence-electron chi connectivity index (χ2n) is 5.25. The van der Waals surface area contributed by atoms with Gasteiger partial charge in [-0.1, -0.05) is 12.1 Å². The number of hydrogen-bond acceptors (Lipinski definition) is 4. The van der Waals surface area contributed by atoms with Crippen LogP contribution in [0.25, 0.3) is 11.1 Å². The Hall–Kier alpha value is -1.39. The number of rotatable bonds is 4. The molecule has 0 unspecified atom stereocenters. The maximum absolute atomic E-state index is 5.78. The van der Waals surface area contributed by atoms with Crippen LogP contribution in [-0.2, 0) is 4.74 Å². The van der Waals surface area contributed by atoms with E-state index in [0.29, 0.717) is 12.1 Å². The molecule has 1 aliphatic heterocycles. The first-order valence-corrected chi connectivity index (χ1v) is 6.97. The van der Waals surface area contributed by atoms with E-state index in [1.165, 1.54) is 0 Å². The lowest BCUT2D eigenvalue weighted by molar-refractivity contribution is 0.0792. The largest absolute Gasteiger partial charge is 0.439 e. The van der Waals surface area contributed by atoms with Crippen molar-refractivity contribution in [3.63, 3.8) is 0 Å². The summed E-state index contributed by atoms with van der Waals surface area (Å²) in [5.74, 6) is 0.742. The fourth-order valence-corrected chi connectivity index (χ4v) is 2.65. The molecule has 1 saturated heterocycles. The Labute approximate surface area is 113 Å². The Bertz CT molecular complexity index is 513. The number of ether oxygens (including phenoxy) is 1. The minimum absolute atomic E-state index is 0.0894. The first-order chi connectivity index (χ1) is 9.24. The number of hydrogen-bond donors (Lipinski definition) is 1. The number of nitrogens with zero attached hydrogens (tertiary/aromatic N) is 1. The van der Waals surface area contributed by atoms with E-state index in [1.807, 2.05) is 24.3 Å². The number of oxazole rings is 1. The second kappa shape index (κ2) is 5.31. The summed E-state index contributed by atoms with van der Waals surface area (Å²) in [4.78, 5) is 4.52. The van der Waals surface area contributed by atoms with Gasteiger partial charge in [-0.15, -0.1) is 0 Å². The van der Waals surface area contributed by atoms with Crippen molar-refractivity contribution in [2.45, 2.75) is 44.9 Å². The van der Waals surface area contributed by atoms with Crippen molar-refractivity contribution < 1.29 is 9.15 Å². The van der Waals surface area contributed by atoms with Crippen molar-refractivity contribution >= 4 is 11.1 Å². The van der Waals surface area contributed by atoms with Crippen LogP contribution in [0.15, 0.2) is 28.7 Å². The minimum atomic E-state index is 0.0894. The molecule has 4 nitrogen and oxygen atoms in total. The van der Waals surface area contributed by atoms with E-state index in [1.54, 1.807) is 0 Å². The third-order valence-corrected chi connectivity index (χ3v) is 3.72. The highest BCUT2D eigenvalue weighted by Crippen LogP contribution is 2.22. The van der Waals surface area contributed by atoms with Crippen LogP contribution in [-0.4, -0.2) is 23.7 Å². The Morgan fingerprint density at radius 3 is 2.89 bits per heavy atom. The van der Waals surface area contributed by atoms with Crippen molar-refractivity contribution in [1.82, 2.24) is 10.3 Å². The van der Waals surface area contributed by atoms with Gasteiger partial charge in [-0.3, -0.25) is 0 Å². The van der Waals surface area contributed by atoms with Crippen molar-refractivity contribution in [2.75, 3.05) is 6.61 Å². The van der Waals surface area contributed by atoms with Gasteiger partial charge in [-0.2, -0.15) is 0 Å². The van der Waals surface area contributed by atoms with Gasteiger partial charge in [0.1, 0.15) is 5.52 Å². The molecule has 1 N–H and O–H groups in total. The van der Waals surface area contributed by atoms with E-state index in [4.69, 9.17) is 9.15 Å². The molecule has 4 heteroatoms. The lowest BCUT2D eigenvalue weighted by Crippen LogP contribution is -2.38. The number of para-hydroxylation sites is 2. The normalized spacial score (nSPS) is 22.7. The molecule has 3 rings (SSSR count). The molecule has 0 saturated carbocycles. The van der Waals surface area contributed by atoms with Crippen LogP contribution in [0.2, 0.25) is 0 Å². The fourth-order valence-electron chi connectivity index (χ4n) is 2.65. The Morgan fingerprint density at radius 1 is 1.32 bits per heavy atom. The third-order valence-electron chi connectivity index (χ3n) is 3.72. The molecule has 1 aromatic heterocycles. The average molecular weight is 260 g/mol. The van der Waals surface area contributed by atoms with E-state index in [0.717, 1.165) is 36.4 Å². The smallest absolute Gasteiger partial charge is 0.212 e. The lowest BCUT2D eigenvalue weighted by atomic mass is 10.1. The molecule has 0 radical (unpaired) electrons. The topological polar surface area (TPSA) is 47.3 Å². The molecule has 102 valence electrons. The van der Waals surface area contributed by atoms with Gasteiger partial charge in [0, 0.05) is 12.6 Å². The number of fused-ring (bicyclic) bond motifs is 1. The van der Waals surface area contributed by atoms with Gasteiger partial charge in [0.25, 0.3) is 0 Å². The van der Waals surface area contributed by atoms with Gasteiger partial charge in [-0.25, -0.2) is 4.98 Å². The van der Waals surface area contributed by atoms with Gasteiger partial charge >= 0.3 is 0 Å². The molecule has 0 bridgehead atoms. The molecule has 2 aromatic rings. The van der Waals surface area contributed by atoms with Crippen molar-refractivity contribution in [3.8, 4) is 0 Å². The van der Waals surface area contributed by atoms with Gasteiger partial charge in [0.2, 0.25) is 5.89 Å². The molecule has 2 heterocycles. The van der Waals surface area contributed by atoms with Gasteiger partial charge < -0.3 is 14.5 Å². The predicted molar refractivity (Wildman–Crippen MR) is 74.0 cm³/mol. The summed E-state index contributed by atoms with van der Waals surface area (Å²) in [7, 11) is 0. The van der Waals surface area contributed by atoms with E-state index in [9.17, 15) is 0 Å². The zero-order valence-electron chi connectivity index (χ0n) is 11.4. The molecule has 3 atom stereocenters. The Kier molecular flexibility index (Phi) is 3.53. The van der Waals surface area contributed by atoms with Crippen molar-refractivity contribution in [2.24, 2.45) is 0 Å². The van der Waals surface area contributed by atoms with Crippen LogP contribution in [0.3, 0.4) is 0 Å². The highest BCUT2D eigenvalue weighted by atomic mass is 16.5. The zero-order valence-corrected chi connectivity index (χ0v) is 11.4. The standard InChI is InChI=1S/C15H20N2O2/c1-10(13-8-5-9-18-13)16-11(2)15-17-12-6-3-4-7-14(12)19-15/h3-4,6-7,10-11,13,16H,5,8-9H2,1-2H3/t10-,11-,13+/m0/s1. The van der Waals surface area contributed by atoms with Gasteiger partial charge in [0.15, 0.2) is 5.58 Å². The summed E-state index contributed by atoms with van der Waals surface area (Å²) < 4.78 is 11.5. The Morgan fingerprint density at radius 2 is 2.16 bits per heavy atom. The van der Waals surface area contributed by atoms with Gasteiger partial charge in [-0.05, 0) is 38.8 Å². The fraction of sp³-hybridized carbons (Fsp3) is 0.533. The maximum Gasteiger partial charge on any atom is 0.212 e. The van der Waals surface area contributed by atoms with Crippen LogP contribution in [0.4, 0.5) is 0 Å². The molecule has 0 amide bonds. The van der Waals surface area contributed by atoms with Crippen LogP contribution in [0.5, 0.6) is 0 Å². The summed E-state index contributed by atoms with van der Waals surface area (Å²) in [6.45, 7) is 5.12. The molecule has 1 aromatic carbocycles. The second-order valence-corrected chi connectivity index (χ2v) is 5.25. The molecule has 19 heavy (non-hydrogen) atoms. The molecular weight excluding hydrogens is 240 g/mol. The lowest BCUT2D eigenvalue weighted by Gasteiger charge is -2.22. The summed E-state index contributed by atoms with van der Waals surface area (Å²) in [5.41, 5.74) is 1.76. The zero-order chi connectivity index (χ0) is 13.2. The number of benzene rings is 1. The number of aromatic nitrogens is 1. The first kappa shape index (κ1) is 12.6. The molecule has 1 fully saturated rings. The van der Waals surface area contributed by atoms with Gasteiger partial charge in [0.05, 0.1) is 12.1 Å². The highest BCUT2D eigenvalue weighted by molar-refractivity contribution is 5.72. The van der Waals surface area contributed by atoms with Crippen LogP contribution >= 0.6 is 0 Å². The number of nitrogens with one attached hydrogen (secondary N) is 1. The van der Waals surface area contributed by atoms with Crippen LogP contribution in [0.1, 0.15) is 38.6 Å². The minimum Gasteiger partial charge on any atom is -0.439 e. The van der Waals surface area contributed by atoms with Crippen molar-refractivity contribution in [3.05, 3.63) is 30.2 Å². The van der Waals surface area contributed by atoms with E-state index >= 15 is 0 Å². The molecule has 0 aliphatic carbocycles. The SMILES string of the molecule is C[C@H](N[C@@H](C)[C@H]1CCCO1)c1nc2ccccc2o1. The molecular formula is C15H20N2O2. The summed E-state index contributed by atoms with van der Waals surface area (Å²) >= 11 is 0. The monoisotopic (exact) mass is 260 g/mol. The summed E-state index contributed by atoms with van der Waals surface area (Å²) in [6, 6.07) is 8.26. The summed E-state index contributed by atoms with van der Waals surface area (Å²) in [6.07, 6.45) is 2.61. The van der Waals surface area contributed by atoms with E-state index in [2.05, 4.69) is 24.1 Å². The maximum atomic E-state index is 5.78. The van der Waals surface area contributed by atoms with E-state index < -0.39 is 0 Å². The summed E-state index contributed by atoms with van der Waals surface area (Å²) in [5, 5.41) is 3.52. The van der Waals surface area contributed by atoms with Crippen molar-refractivity contribution in [1.29, 1.82) is 0 Å². The van der Waals surface area contributed by atoms with Crippen LogP contribution in [0, 0.1) is 0 Å². The predicted octanol–water partition coefficient (Wildman–Crippen LogP) is 3.05. The van der Waals surface area contributed by atoms with Crippen LogP contribution < -0.4 is 5.32 Å². The van der Waals surface area contributed by atoms with E-state index in [-0.39, 0.29) is 6.04 Å². The molecule has 0 spiro atoms. The quantitative estimate of drug-likeness (QED) is 0.917. The highest BCUT2D eigenvalue weighted by Gasteiger charge is 2.25. The Balaban J connectivity index is 1.70. The average Bonchev–Trinajstić information content (AvgIpc) is 3.07. The first-order valence-electron chi connectivity index (χ1n) is 6.97. The molecule has 1 aliphatic rings. The third kappa shape index (κ3) is 2.65.